The van der Waals surface area contributed by atoms with E-state index in [2.05, 4.69) is 24.1 Å². The van der Waals surface area contributed by atoms with E-state index < -0.39 is 0 Å². The Balaban J connectivity index is 1.48. The monoisotopic (exact) mass is 196 g/mol. The van der Waals surface area contributed by atoms with E-state index in [0.717, 1.165) is 6.04 Å². The van der Waals surface area contributed by atoms with Crippen LogP contribution in [0.4, 0.5) is 0 Å². The lowest BCUT2D eigenvalue weighted by Crippen LogP contribution is -2.27. The first-order chi connectivity index (χ1) is 6.68. The van der Waals surface area contributed by atoms with E-state index >= 15 is 0 Å². The Morgan fingerprint density at radius 1 is 1.29 bits per heavy atom. The van der Waals surface area contributed by atoms with Gasteiger partial charge in [-0.3, -0.25) is 0 Å². The molecule has 0 aromatic carbocycles. The van der Waals surface area contributed by atoms with E-state index in [9.17, 15) is 0 Å². The van der Waals surface area contributed by atoms with Crippen molar-refractivity contribution in [1.29, 1.82) is 0 Å². The van der Waals surface area contributed by atoms with Crippen LogP contribution in [0, 0.1) is 5.41 Å². The second kappa shape index (κ2) is 4.19. The summed E-state index contributed by atoms with van der Waals surface area (Å²) < 4.78 is 0. The van der Waals surface area contributed by atoms with Gasteiger partial charge in [-0.25, -0.2) is 0 Å². The highest BCUT2D eigenvalue weighted by Gasteiger charge is 2.44. The second-order valence-corrected chi connectivity index (χ2v) is 5.60. The SMILES string of the molecule is CC1(C)CC1NCCCN1CCCC1. The molecule has 2 aliphatic rings. The minimum Gasteiger partial charge on any atom is -0.313 e. The highest BCUT2D eigenvalue weighted by Crippen LogP contribution is 2.44. The summed E-state index contributed by atoms with van der Waals surface area (Å²) in [6.07, 6.45) is 5.54. The molecule has 1 heterocycles. The molecule has 0 amide bonds. The first-order valence-corrected chi connectivity index (χ1v) is 6.14. The van der Waals surface area contributed by atoms with E-state index in [1.807, 2.05) is 0 Å². The topological polar surface area (TPSA) is 15.3 Å². The lowest BCUT2D eigenvalue weighted by atomic mass is 10.2. The Labute approximate surface area is 88.1 Å². The van der Waals surface area contributed by atoms with E-state index in [1.165, 1.54) is 51.9 Å². The molecule has 0 spiro atoms. The zero-order chi connectivity index (χ0) is 10.0. The van der Waals surface area contributed by atoms with Crippen LogP contribution < -0.4 is 5.32 Å². The van der Waals surface area contributed by atoms with Crippen LogP contribution in [0.15, 0.2) is 0 Å². The van der Waals surface area contributed by atoms with Crippen LogP contribution in [-0.4, -0.2) is 37.1 Å². The molecule has 2 heteroatoms. The molecule has 1 aliphatic heterocycles. The quantitative estimate of drug-likeness (QED) is 0.675. The van der Waals surface area contributed by atoms with Gasteiger partial charge in [0.1, 0.15) is 0 Å². The van der Waals surface area contributed by atoms with Gasteiger partial charge in [0.25, 0.3) is 0 Å². The molecule has 2 nitrogen and oxygen atoms in total. The number of nitrogens with one attached hydrogen (secondary N) is 1. The first-order valence-electron chi connectivity index (χ1n) is 6.14. The lowest BCUT2D eigenvalue weighted by Gasteiger charge is -2.14. The number of nitrogens with zero attached hydrogens (tertiary/aromatic N) is 1. The molecule has 2 rings (SSSR count). The summed E-state index contributed by atoms with van der Waals surface area (Å²) in [6, 6.07) is 0.807. The molecule has 0 bridgehead atoms. The average Bonchev–Trinajstić information content (AvgIpc) is 2.60. The number of hydrogen-bond acceptors (Lipinski definition) is 2. The van der Waals surface area contributed by atoms with Gasteiger partial charge in [-0.2, -0.15) is 0 Å². The van der Waals surface area contributed by atoms with Gasteiger partial charge in [-0.1, -0.05) is 13.8 Å². The molecule has 1 aliphatic carbocycles. The molecule has 0 aromatic heterocycles. The fourth-order valence-electron chi connectivity index (χ4n) is 2.40. The fraction of sp³-hybridized carbons (Fsp3) is 1.00. The lowest BCUT2D eigenvalue weighted by molar-refractivity contribution is 0.329. The van der Waals surface area contributed by atoms with E-state index in [4.69, 9.17) is 0 Å². The second-order valence-electron chi connectivity index (χ2n) is 5.60. The molecular weight excluding hydrogens is 172 g/mol. The van der Waals surface area contributed by atoms with Crippen LogP contribution in [0.25, 0.3) is 0 Å². The molecule has 82 valence electrons. The molecular formula is C12H24N2. The normalized spacial score (nSPS) is 30.9. The fourth-order valence-corrected chi connectivity index (χ4v) is 2.40. The molecule has 1 atom stereocenters. The smallest absolute Gasteiger partial charge is 0.0124 e. The Hall–Kier alpha value is -0.0800. The maximum atomic E-state index is 3.64. The average molecular weight is 196 g/mol. The van der Waals surface area contributed by atoms with Crippen molar-refractivity contribution in [2.75, 3.05) is 26.2 Å². The molecule has 14 heavy (non-hydrogen) atoms. The van der Waals surface area contributed by atoms with Gasteiger partial charge in [0.15, 0.2) is 0 Å². The molecule has 1 saturated carbocycles. The van der Waals surface area contributed by atoms with Crippen molar-refractivity contribution in [3.05, 3.63) is 0 Å². The molecule has 2 fully saturated rings. The summed E-state index contributed by atoms with van der Waals surface area (Å²) in [5.41, 5.74) is 0.591. The molecule has 0 radical (unpaired) electrons. The zero-order valence-corrected chi connectivity index (χ0v) is 9.68. The number of likely N-dealkylation sites (tertiary alicyclic amines) is 1. The molecule has 1 unspecified atom stereocenters. The van der Waals surface area contributed by atoms with Crippen LogP contribution in [0.5, 0.6) is 0 Å². The summed E-state index contributed by atoms with van der Waals surface area (Å²) in [5, 5.41) is 3.64. The van der Waals surface area contributed by atoms with Crippen LogP contribution in [0.3, 0.4) is 0 Å². The Bertz CT molecular complexity index is 176. The highest BCUT2D eigenvalue weighted by atomic mass is 15.1. The third-order valence-corrected chi connectivity index (χ3v) is 3.75. The number of hydrogen-bond donors (Lipinski definition) is 1. The maximum Gasteiger partial charge on any atom is 0.0124 e. The molecule has 1 saturated heterocycles. The van der Waals surface area contributed by atoms with Gasteiger partial charge >= 0.3 is 0 Å². The Morgan fingerprint density at radius 3 is 2.50 bits per heavy atom. The molecule has 1 N–H and O–H groups in total. The van der Waals surface area contributed by atoms with Gasteiger partial charge in [-0.05, 0) is 57.3 Å². The molecule has 0 aromatic rings. The largest absolute Gasteiger partial charge is 0.313 e. The maximum absolute atomic E-state index is 3.64. The van der Waals surface area contributed by atoms with Gasteiger partial charge < -0.3 is 10.2 Å². The van der Waals surface area contributed by atoms with Crippen molar-refractivity contribution in [1.82, 2.24) is 10.2 Å². The predicted octanol–water partition coefficient (Wildman–Crippen LogP) is 1.86. The summed E-state index contributed by atoms with van der Waals surface area (Å²) in [5.74, 6) is 0. The van der Waals surface area contributed by atoms with Crippen molar-refractivity contribution in [3.63, 3.8) is 0 Å². The van der Waals surface area contributed by atoms with Crippen LogP contribution in [0.1, 0.15) is 39.5 Å². The van der Waals surface area contributed by atoms with Gasteiger partial charge in [0.2, 0.25) is 0 Å². The van der Waals surface area contributed by atoms with Gasteiger partial charge in [-0.15, -0.1) is 0 Å². The third-order valence-electron chi connectivity index (χ3n) is 3.75. The zero-order valence-electron chi connectivity index (χ0n) is 9.68. The summed E-state index contributed by atoms with van der Waals surface area (Å²) >= 11 is 0. The third kappa shape index (κ3) is 2.71. The van der Waals surface area contributed by atoms with E-state index in [-0.39, 0.29) is 0 Å². The van der Waals surface area contributed by atoms with Gasteiger partial charge in [0.05, 0.1) is 0 Å². The van der Waals surface area contributed by atoms with Crippen molar-refractivity contribution in [3.8, 4) is 0 Å². The summed E-state index contributed by atoms with van der Waals surface area (Å²) in [4.78, 5) is 2.60. The predicted molar refractivity (Wildman–Crippen MR) is 60.5 cm³/mol. The Kier molecular flexibility index (Phi) is 3.13. The first kappa shape index (κ1) is 10.4. The van der Waals surface area contributed by atoms with Crippen LogP contribution >= 0.6 is 0 Å². The van der Waals surface area contributed by atoms with Crippen LogP contribution in [0.2, 0.25) is 0 Å². The number of rotatable bonds is 5. The summed E-state index contributed by atoms with van der Waals surface area (Å²) in [6.45, 7) is 9.91. The van der Waals surface area contributed by atoms with Crippen molar-refractivity contribution in [2.45, 2.75) is 45.6 Å². The van der Waals surface area contributed by atoms with Crippen molar-refractivity contribution >= 4 is 0 Å². The van der Waals surface area contributed by atoms with Crippen molar-refractivity contribution in [2.24, 2.45) is 5.41 Å². The standard InChI is InChI=1S/C12H24N2/c1-12(2)10-11(12)13-6-5-9-14-7-3-4-8-14/h11,13H,3-10H2,1-2H3. The summed E-state index contributed by atoms with van der Waals surface area (Å²) in [7, 11) is 0. The van der Waals surface area contributed by atoms with Gasteiger partial charge in [0, 0.05) is 6.04 Å². The van der Waals surface area contributed by atoms with E-state index in [0.29, 0.717) is 5.41 Å². The minimum absolute atomic E-state index is 0.591. The highest BCUT2D eigenvalue weighted by molar-refractivity contribution is 5.01. The van der Waals surface area contributed by atoms with Crippen molar-refractivity contribution < 1.29 is 0 Å². The minimum atomic E-state index is 0.591. The van der Waals surface area contributed by atoms with E-state index in [1.54, 1.807) is 0 Å². The van der Waals surface area contributed by atoms with Crippen LogP contribution in [-0.2, 0) is 0 Å². The Morgan fingerprint density at radius 2 is 1.93 bits per heavy atom.